The number of primary amides is 1. The summed E-state index contributed by atoms with van der Waals surface area (Å²) in [4.78, 5) is 29.9. The Hall–Kier alpha value is -3.62. The number of fused-ring (bicyclic) bond motifs is 1. The van der Waals surface area contributed by atoms with E-state index in [-0.39, 0.29) is 0 Å². The molecule has 0 aliphatic rings. The van der Waals surface area contributed by atoms with Crippen LogP contribution in [0, 0.1) is 6.92 Å². The normalized spacial score (nSPS) is 12.1. The van der Waals surface area contributed by atoms with E-state index in [0.717, 1.165) is 28.2 Å². The molecule has 0 aliphatic heterocycles. The molecule has 9 heteroatoms. The van der Waals surface area contributed by atoms with Crippen molar-refractivity contribution in [3.05, 3.63) is 54.1 Å². The van der Waals surface area contributed by atoms with E-state index in [1.54, 1.807) is 32.4 Å². The molecule has 0 aliphatic carbocycles. The van der Waals surface area contributed by atoms with Crippen LogP contribution in [0.1, 0.15) is 50.9 Å². The van der Waals surface area contributed by atoms with Crippen molar-refractivity contribution >= 4 is 16.9 Å². The summed E-state index contributed by atoms with van der Waals surface area (Å²) in [6.45, 7) is 9.73. The van der Waals surface area contributed by atoms with Gasteiger partial charge in [-0.2, -0.15) is 5.10 Å². The molecule has 0 unspecified atom stereocenters. The van der Waals surface area contributed by atoms with Crippen LogP contribution in [0.3, 0.4) is 0 Å². The van der Waals surface area contributed by atoms with Gasteiger partial charge in [0.15, 0.2) is 5.82 Å². The predicted molar refractivity (Wildman–Crippen MR) is 117 cm³/mol. The van der Waals surface area contributed by atoms with Gasteiger partial charge < -0.3 is 10.3 Å². The van der Waals surface area contributed by atoms with Crippen LogP contribution in [0.4, 0.5) is 0 Å². The van der Waals surface area contributed by atoms with E-state index in [1.807, 2.05) is 19.2 Å². The molecule has 0 atom stereocenters. The number of carbonyl (C=O) groups excluding carboxylic acids is 1. The van der Waals surface area contributed by atoms with Crippen LogP contribution in [0.25, 0.3) is 22.4 Å². The molecule has 0 fully saturated rings. The maximum absolute atomic E-state index is 11.7. The van der Waals surface area contributed by atoms with E-state index < -0.39 is 11.4 Å². The Morgan fingerprint density at radius 3 is 2.65 bits per heavy atom. The fraction of sp³-hybridized carbons (Fsp3) is 0.364. The summed E-state index contributed by atoms with van der Waals surface area (Å²) in [5, 5.41) is 4.28. The highest BCUT2D eigenvalue weighted by molar-refractivity contribution is 5.81. The molecule has 0 spiro atoms. The van der Waals surface area contributed by atoms with Crippen molar-refractivity contribution in [2.24, 2.45) is 5.73 Å². The van der Waals surface area contributed by atoms with Gasteiger partial charge in [-0.15, -0.1) is 0 Å². The molecule has 31 heavy (non-hydrogen) atoms. The first-order valence-corrected chi connectivity index (χ1v) is 10.2. The molecule has 0 aromatic carbocycles. The van der Waals surface area contributed by atoms with E-state index >= 15 is 0 Å². The second kappa shape index (κ2) is 7.57. The second-order valence-corrected chi connectivity index (χ2v) is 8.43. The number of nitrogens with zero attached hydrogens (tertiary/aromatic N) is 7. The number of pyridine rings is 1. The summed E-state index contributed by atoms with van der Waals surface area (Å²) < 4.78 is 3.74. The van der Waals surface area contributed by atoms with Gasteiger partial charge in [-0.1, -0.05) is 0 Å². The minimum absolute atomic E-state index is 0.312. The van der Waals surface area contributed by atoms with Crippen LogP contribution in [0.5, 0.6) is 0 Å². The Balaban J connectivity index is 1.63. The van der Waals surface area contributed by atoms with Gasteiger partial charge in [0.1, 0.15) is 16.9 Å². The molecule has 9 nitrogen and oxygen atoms in total. The lowest BCUT2D eigenvalue weighted by molar-refractivity contribution is -0.125. The van der Waals surface area contributed by atoms with Gasteiger partial charge in [-0.05, 0) is 46.8 Å². The monoisotopic (exact) mass is 418 g/mol. The van der Waals surface area contributed by atoms with E-state index in [4.69, 9.17) is 5.73 Å². The van der Waals surface area contributed by atoms with Crippen molar-refractivity contribution in [2.45, 2.75) is 52.6 Å². The van der Waals surface area contributed by atoms with Gasteiger partial charge in [-0.25, -0.2) is 15.0 Å². The zero-order valence-corrected chi connectivity index (χ0v) is 18.4. The summed E-state index contributed by atoms with van der Waals surface area (Å²) in [6, 6.07) is 4.26. The highest BCUT2D eigenvalue weighted by Gasteiger charge is 2.28. The first kappa shape index (κ1) is 20.6. The van der Waals surface area contributed by atoms with Gasteiger partial charge in [0.05, 0.1) is 29.2 Å². The number of amides is 1. The summed E-state index contributed by atoms with van der Waals surface area (Å²) >= 11 is 0. The Bertz CT molecular complexity index is 1270. The maximum atomic E-state index is 11.7. The van der Waals surface area contributed by atoms with Crippen molar-refractivity contribution in [1.29, 1.82) is 0 Å². The first-order chi connectivity index (χ1) is 14.7. The lowest BCUT2D eigenvalue weighted by Gasteiger charge is -2.20. The van der Waals surface area contributed by atoms with Crippen LogP contribution >= 0.6 is 0 Å². The third-order valence-electron chi connectivity index (χ3n) is 5.42. The molecule has 0 saturated heterocycles. The highest BCUT2D eigenvalue weighted by atomic mass is 16.1. The van der Waals surface area contributed by atoms with Crippen LogP contribution in [-0.2, 0) is 16.8 Å². The average molecular weight is 419 g/mol. The van der Waals surface area contributed by atoms with E-state index in [9.17, 15) is 4.79 Å². The minimum Gasteiger partial charge on any atom is -0.368 e. The van der Waals surface area contributed by atoms with Crippen LogP contribution in [-0.4, -0.2) is 40.2 Å². The largest absolute Gasteiger partial charge is 0.368 e. The van der Waals surface area contributed by atoms with E-state index in [1.165, 1.54) is 4.68 Å². The Morgan fingerprint density at radius 2 is 1.94 bits per heavy atom. The van der Waals surface area contributed by atoms with E-state index in [0.29, 0.717) is 23.9 Å². The number of hydrogen-bond acceptors (Lipinski definition) is 6. The first-order valence-electron chi connectivity index (χ1n) is 10.2. The quantitative estimate of drug-likeness (QED) is 0.514. The molecular formula is C22H26N8O. The maximum Gasteiger partial charge on any atom is 0.244 e. The molecule has 0 bridgehead atoms. The fourth-order valence-electron chi connectivity index (χ4n) is 3.59. The summed E-state index contributed by atoms with van der Waals surface area (Å²) in [5.74, 6) is 1.05. The molecule has 1 amide bonds. The minimum atomic E-state index is -0.938. The molecule has 0 radical (unpaired) electrons. The van der Waals surface area contributed by atoms with Crippen molar-refractivity contribution in [3.63, 3.8) is 0 Å². The molecule has 4 aromatic heterocycles. The molecule has 4 rings (SSSR count). The molecule has 4 aromatic rings. The number of aromatic nitrogens is 7. The van der Waals surface area contributed by atoms with Crippen molar-refractivity contribution in [3.8, 4) is 11.4 Å². The standard InChI is InChI=1S/C22H26N8O/c1-13(2)30-14(3)27-18-11-25-17(9-19(18)30)8-16-6-7-24-20(28-16)15-10-26-29(12-15)22(4,5)21(23)31/h6-7,9-13H,8H2,1-5H3,(H2,23,31). The summed E-state index contributed by atoms with van der Waals surface area (Å²) in [6.07, 6.45) is 7.47. The van der Waals surface area contributed by atoms with Crippen molar-refractivity contribution < 1.29 is 4.79 Å². The Morgan fingerprint density at radius 1 is 1.16 bits per heavy atom. The second-order valence-electron chi connectivity index (χ2n) is 8.43. The van der Waals surface area contributed by atoms with Crippen LogP contribution in [0.15, 0.2) is 36.9 Å². The number of hydrogen-bond donors (Lipinski definition) is 1. The summed E-state index contributed by atoms with van der Waals surface area (Å²) in [5.41, 5.74) is 8.97. The van der Waals surface area contributed by atoms with Gasteiger partial charge in [0.2, 0.25) is 5.91 Å². The number of nitrogens with two attached hydrogens (primary N) is 1. The van der Waals surface area contributed by atoms with Crippen molar-refractivity contribution in [1.82, 2.24) is 34.3 Å². The fourth-order valence-corrected chi connectivity index (χ4v) is 3.59. The number of aryl methyl sites for hydroxylation is 1. The van der Waals surface area contributed by atoms with E-state index in [2.05, 4.69) is 49.5 Å². The zero-order chi connectivity index (χ0) is 22.3. The molecular weight excluding hydrogens is 392 g/mol. The van der Waals surface area contributed by atoms with Gasteiger partial charge >= 0.3 is 0 Å². The molecule has 2 N–H and O–H groups in total. The topological polar surface area (TPSA) is 117 Å². The van der Waals surface area contributed by atoms with Gasteiger partial charge in [-0.3, -0.25) is 14.5 Å². The Kier molecular flexibility index (Phi) is 5.04. The average Bonchev–Trinajstić information content (AvgIpc) is 3.32. The Labute approximate surface area is 180 Å². The zero-order valence-electron chi connectivity index (χ0n) is 18.4. The van der Waals surface area contributed by atoms with Gasteiger partial charge in [0.25, 0.3) is 0 Å². The summed E-state index contributed by atoms with van der Waals surface area (Å²) in [7, 11) is 0. The third kappa shape index (κ3) is 3.78. The lowest BCUT2D eigenvalue weighted by Crippen LogP contribution is -2.41. The number of rotatable bonds is 6. The SMILES string of the molecule is Cc1nc2cnc(Cc3ccnc(-c4cnn(C(C)(C)C(N)=O)c4)n3)cc2n1C(C)C. The van der Waals surface area contributed by atoms with Crippen LogP contribution < -0.4 is 5.73 Å². The number of carbonyl (C=O) groups is 1. The van der Waals surface area contributed by atoms with Crippen molar-refractivity contribution in [2.75, 3.05) is 0 Å². The van der Waals surface area contributed by atoms with Gasteiger partial charge in [0, 0.05) is 30.6 Å². The highest BCUT2D eigenvalue weighted by Crippen LogP contribution is 2.23. The lowest BCUT2D eigenvalue weighted by atomic mass is 10.1. The predicted octanol–water partition coefficient (Wildman–Crippen LogP) is 2.79. The number of imidazole rings is 1. The molecule has 0 saturated carbocycles. The molecule has 4 heterocycles. The van der Waals surface area contributed by atoms with Crippen LogP contribution in [0.2, 0.25) is 0 Å². The third-order valence-corrected chi connectivity index (χ3v) is 5.42. The molecule has 160 valence electrons. The smallest absolute Gasteiger partial charge is 0.244 e.